The monoisotopic (exact) mass is 406 g/mol. The quantitative estimate of drug-likeness (QED) is 0.625. The summed E-state index contributed by atoms with van der Waals surface area (Å²) in [5.74, 6) is 1.13. The van der Waals surface area contributed by atoms with Gasteiger partial charge >= 0.3 is 0 Å². The second-order valence-corrected chi connectivity index (χ2v) is 9.08. The predicted octanol–water partition coefficient (Wildman–Crippen LogP) is 4.58. The molecule has 0 saturated carbocycles. The average molecular weight is 407 g/mol. The SMILES string of the molecule is Cc1c(C(=O)N2CCCCCC2)sc2ncnc(N3CCc4ccccc4C3)c12. The number of benzene rings is 1. The number of likely N-dealkylation sites (tertiary alicyclic amines) is 1. The molecule has 2 aliphatic heterocycles. The Hall–Kier alpha value is -2.47. The van der Waals surface area contributed by atoms with E-state index in [2.05, 4.69) is 46.1 Å². The molecule has 4 heterocycles. The first-order chi connectivity index (χ1) is 14.2. The van der Waals surface area contributed by atoms with Gasteiger partial charge in [-0.15, -0.1) is 11.3 Å². The minimum absolute atomic E-state index is 0.169. The predicted molar refractivity (Wildman–Crippen MR) is 118 cm³/mol. The van der Waals surface area contributed by atoms with Crippen LogP contribution in [-0.2, 0) is 13.0 Å². The minimum Gasteiger partial charge on any atom is -0.351 e. The lowest BCUT2D eigenvalue weighted by Crippen LogP contribution is -2.32. The number of fused-ring (bicyclic) bond motifs is 2. The number of nitrogens with zero attached hydrogens (tertiary/aromatic N) is 4. The molecule has 1 amide bonds. The minimum atomic E-state index is 0.169. The lowest BCUT2D eigenvalue weighted by Gasteiger charge is -2.30. The van der Waals surface area contributed by atoms with E-state index in [9.17, 15) is 4.79 Å². The zero-order chi connectivity index (χ0) is 19.8. The third-order valence-corrected chi connectivity index (χ3v) is 7.41. The first kappa shape index (κ1) is 18.6. The maximum absolute atomic E-state index is 13.3. The highest BCUT2D eigenvalue weighted by Gasteiger charge is 2.26. The summed E-state index contributed by atoms with van der Waals surface area (Å²) < 4.78 is 0. The summed E-state index contributed by atoms with van der Waals surface area (Å²) in [6, 6.07) is 8.64. The van der Waals surface area contributed by atoms with Crippen molar-refractivity contribution in [3.05, 3.63) is 52.2 Å². The molecule has 6 heteroatoms. The molecule has 0 spiro atoms. The van der Waals surface area contributed by atoms with E-state index in [0.29, 0.717) is 0 Å². The van der Waals surface area contributed by atoms with E-state index in [4.69, 9.17) is 0 Å². The number of aromatic nitrogens is 2. The van der Waals surface area contributed by atoms with E-state index >= 15 is 0 Å². The number of rotatable bonds is 2. The highest BCUT2D eigenvalue weighted by molar-refractivity contribution is 7.20. The zero-order valence-electron chi connectivity index (χ0n) is 16.9. The number of aryl methyl sites for hydroxylation is 1. The molecular formula is C23H26N4OS. The van der Waals surface area contributed by atoms with Gasteiger partial charge in [0.2, 0.25) is 0 Å². The lowest BCUT2D eigenvalue weighted by atomic mass is 9.99. The van der Waals surface area contributed by atoms with Gasteiger partial charge in [0, 0.05) is 26.2 Å². The molecular weight excluding hydrogens is 380 g/mol. The standard InChI is InChI=1S/C23H26N4OS/c1-16-19-21(27-13-10-17-8-4-5-9-18(17)14-27)24-15-25-22(19)29-20(16)23(28)26-11-6-2-3-7-12-26/h4-5,8-9,15H,2-3,6-7,10-14H2,1H3. The summed E-state index contributed by atoms with van der Waals surface area (Å²) in [7, 11) is 0. The Morgan fingerprint density at radius 1 is 1.00 bits per heavy atom. The molecule has 29 heavy (non-hydrogen) atoms. The van der Waals surface area contributed by atoms with Gasteiger partial charge < -0.3 is 9.80 Å². The second-order valence-electron chi connectivity index (χ2n) is 8.08. The van der Waals surface area contributed by atoms with Crippen molar-refractivity contribution in [3.8, 4) is 0 Å². The number of hydrogen-bond acceptors (Lipinski definition) is 5. The molecule has 0 atom stereocenters. The van der Waals surface area contributed by atoms with E-state index in [-0.39, 0.29) is 5.91 Å². The molecule has 0 aliphatic carbocycles. The van der Waals surface area contributed by atoms with E-state index in [1.165, 1.54) is 35.3 Å². The number of amides is 1. The fourth-order valence-corrected chi connectivity index (χ4v) is 5.70. The van der Waals surface area contributed by atoms with Crippen LogP contribution in [0.25, 0.3) is 10.2 Å². The Labute approximate surface area is 175 Å². The molecule has 150 valence electrons. The summed E-state index contributed by atoms with van der Waals surface area (Å²) in [5.41, 5.74) is 3.82. The van der Waals surface area contributed by atoms with Gasteiger partial charge in [0.25, 0.3) is 5.91 Å². The van der Waals surface area contributed by atoms with Crippen molar-refractivity contribution in [2.45, 2.75) is 45.6 Å². The van der Waals surface area contributed by atoms with Crippen molar-refractivity contribution in [1.29, 1.82) is 0 Å². The number of carbonyl (C=O) groups is 1. The second kappa shape index (κ2) is 7.75. The molecule has 1 saturated heterocycles. The summed E-state index contributed by atoms with van der Waals surface area (Å²) in [6.45, 7) is 5.59. The van der Waals surface area contributed by atoms with E-state index in [1.54, 1.807) is 6.33 Å². The maximum Gasteiger partial charge on any atom is 0.264 e. The van der Waals surface area contributed by atoms with Crippen LogP contribution in [0, 0.1) is 6.92 Å². The van der Waals surface area contributed by atoms with Crippen LogP contribution >= 0.6 is 11.3 Å². The summed E-state index contributed by atoms with van der Waals surface area (Å²) in [5, 5.41) is 1.05. The van der Waals surface area contributed by atoms with Crippen LogP contribution in [0.4, 0.5) is 5.82 Å². The molecule has 0 bridgehead atoms. The van der Waals surface area contributed by atoms with Crippen LogP contribution < -0.4 is 4.90 Å². The van der Waals surface area contributed by atoms with Crippen molar-refractivity contribution in [1.82, 2.24) is 14.9 Å². The van der Waals surface area contributed by atoms with E-state index in [1.807, 2.05) is 4.90 Å². The number of anilines is 1. The van der Waals surface area contributed by atoms with Gasteiger partial charge in [0.15, 0.2) is 0 Å². The molecule has 2 aliphatic rings. The third-order valence-electron chi connectivity index (χ3n) is 6.22. The van der Waals surface area contributed by atoms with Gasteiger partial charge in [-0.3, -0.25) is 4.79 Å². The molecule has 5 rings (SSSR count). The van der Waals surface area contributed by atoms with Crippen molar-refractivity contribution in [3.63, 3.8) is 0 Å². The molecule has 3 aromatic rings. The fraction of sp³-hybridized carbons (Fsp3) is 0.435. The smallest absolute Gasteiger partial charge is 0.264 e. The first-order valence-electron chi connectivity index (χ1n) is 10.6. The molecule has 0 radical (unpaired) electrons. The lowest BCUT2D eigenvalue weighted by molar-refractivity contribution is 0.0766. The van der Waals surface area contributed by atoms with Crippen molar-refractivity contribution < 1.29 is 4.79 Å². The van der Waals surface area contributed by atoms with Crippen LogP contribution in [0.5, 0.6) is 0 Å². The number of thiophene rings is 1. The zero-order valence-corrected chi connectivity index (χ0v) is 17.7. The topological polar surface area (TPSA) is 49.3 Å². The van der Waals surface area contributed by atoms with Gasteiger partial charge in [0.05, 0.1) is 10.3 Å². The molecule has 1 aromatic carbocycles. The van der Waals surface area contributed by atoms with Crippen LogP contribution in [-0.4, -0.2) is 40.4 Å². The van der Waals surface area contributed by atoms with E-state index < -0.39 is 0 Å². The average Bonchev–Trinajstić information content (AvgIpc) is 2.93. The van der Waals surface area contributed by atoms with Gasteiger partial charge in [-0.2, -0.15) is 0 Å². The number of carbonyl (C=O) groups excluding carboxylic acids is 1. The van der Waals surface area contributed by atoms with Crippen LogP contribution in [0.1, 0.15) is 52.0 Å². The van der Waals surface area contributed by atoms with Gasteiger partial charge in [-0.1, -0.05) is 37.1 Å². The van der Waals surface area contributed by atoms with Gasteiger partial charge in [-0.25, -0.2) is 9.97 Å². The number of hydrogen-bond donors (Lipinski definition) is 0. The Morgan fingerprint density at radius 2 is 1.76 bits per heavy atom. The molecule has 0 unspecified atom stereocenters. The Kier molecular flexibility index (Phi) is 4.96. The third kappa shape index (κ3) is 3.39. The normalized spacial score (nSPS) is 17.3. The first-order valence-corrected chi connectivity index (χ1v) is 11.4. The Balaban J connectivity index is 1.51. The summed E-state index contributed by atoms with van der Waals surface area (Å²) in [4.78, 5) is 28.6. The highest BCUT2D eigenvalue weighted by Crippen LogP contribution is 2.37. The van der Waals surface area contributed by atoms with Crippen LogP contribution in [0.2, 0.25) is 0 Å². The van der Waals surface area contributed by atoms with Crippen molar-refractivity contribution in [2.24, 2.45) is 0 Å². The highest BCUT2D eigenvalue weighted by atomic mass is 32.1. The molecule has 2 aromatic heterocycles. The Morgan fingerprint density at radius 3 is 2.55 bits per heavy atom. The molecule has 5 nitrogen and oxygen atoms in total. The van der Waals surface area contributed by atoms with E-state index in [0.717, 1.165) is 71.9 Å². The van der Waals surface area contributed by atoms with Crippen LogP contribution in [0.15, 0.2) is 30.6 Å². The van der Waals surface area contributed by atoms with Crippen molar-refractivity contribution in [2.75, 3.05) is 24.5 Å². The summed E-state index contributed by atoms with van der Waals surface area (Å²) in [6.07, 6.45) is 7.32. The summed E-state index contributed by atoms with van der Waals surface area (Å²) >= 11 is 1.53. The van der Waals surface area contributed by atoms with Gasteiger partial charge in [-0.05, 0) is 42.9 Å². The fourth-order valence-electron chi connectivity index (χ4n) is 4.59. The molecule has 1 fully saturated rings. The van der Waals surface area contributed by atoms with Gasteiger partial charge in [0.1, 0.15) is 17.0 Å². The molecule has 0 N–H and O–H groups in total. The largest absolute Gasteiger partial charge is 0.351 e. The van der Waals surface area contributed by atoms with Crippen molar-refractivity contribution >= 4 is 33.3 Å². The Bertz CT molecular complexity index is 1050. The maximum atomic E-state index is 13.3. The van der Waals surface area contributed by atoms with Crippen LogP contribution in [0.3, 0.4) is 0 Å².